The number of fused-ring (bicyclic) bond motifs is 1. The molecule has 3 aromatic rings. The Kier molecular flexibility index (Phi) is 6.03. The van der Waals surface area contributed by atoms with Gasteiger partial charge in [0.05, 0.1) is 39.4 Å². The smallest absolute Gasteiger partial charge is 0.259 e. The van der Waals surface area contributed by atoms with E-state index in [9.17, 15) is 10.1 Å². The number of pyridine rings is 1. The van der Waals surface area contributed by atoms with Crippen LogP contribution >= 0.6 is 11.3 Å². The highest BCUT2D eigenvalue weighted by atomic mass is 32.1. The van der Waals surface area contributed by atoms with Crippen LogP contribution in [-0.2, 0) is 6.54 Å². The molecule has 0 saturated carbocycles. The summed E-state index contributed by atoms with van der Waals surface area (Å²) in [5.74, 6) is 0.773. The van der Waals surface area contributed by atoms with Gasteiger partial charge in [-0.2, -0.15) is 5.26 Å². The Balaban J connectivity index is 2.00. The van der Waals surface area contributed by atoms with Crippen LogP contribution in [-0.4, -0.2) is 25.9 Å². The molecule has 0 fully saturated rings. The average Bonchev–Trinajstić information content (AvgIpc) is 3.33. The topological polar surface area (TPSA) is 109 Å². The van der Waals surface area contributed by atoms with Crippen molar-refractivity contribution >= 4 is 11.3 Å². The van der Waals surface area contributed by atoms with Gasteiger partial charge in [0.1, 0.15) is 23.1 Å². The molecule has 1 atom stereocenters. The van der Waals surface area contributed by atoms with Crippen LogP contribution in [0.1, 0.15) is 27.6 Å². The number of nitrogens with two attached hydrogens (primary N) is 1. The highest BCUT2D eigenvalue weighted by Crippen LogP contribution is 2.46. The van der Waals surface area contributed by atoms with E-state index in [2.05, 4.69) is 6.07 Å². The number of ether oxygens (including phenoxy) is 4. The van der Waals surface area contributed by atoms with Gasteiger partial charge in [-0.3, -0.25) is 4.79 Å². The molecule has 1 aromatic carbocycles. The minimum atomic E-state index is -0.809. The van der Waals surface area contributed by atoms with E-state index in [0.29, 0.717) is 40.7 Å². The first-order chi connectivity index (χ1) is 15.9. The number of nitrogens with zero attached hydrogens (tertiary/aromatic N) is 2. The van der Waals surface area contributed by atoms with Crippen molar-refractivity contribution in [3.63, 3.8) is 0 Å². The molecule has 170 valence electrons. The zero-order valence-electron chi connectivity index (χ0n) is 18.7. The predicted octanol–water partition coefficient (Wildman–Crippen LogP) is 3.51. The molecule has 0 saturated heterocycles. The second-order valence-electron chi connectivity index (χ2n) is 7.41. The SMILES string of the molecule is COc1cc(OC)c([C@@H]2C(C#N)=C(N)Oc3cc(C)n(Cc4cccs4)c(=O)c32)cc1OC. The van der Waals surface area contributed by atoms with E-state index in [1.807, 2.05) is 24.4 Å². The molecule has 1 aliphatic rings. The number of allylic oxidation sites excluding steroid dienone is 1. The third-order valence-corrected chi connectivity index (χ3v) is 6.49. The Labute approximate surface area is 195 Å². The molecule has 0 spiro atoms. The summed E-state index contributed by atoms with van der Waals surface area (Å²) in [6.45, 7) is 2.25. The molecule has 0 aliphatic carbocycles. The molecule has 3 heterocycles. The minimum absolute atomic E-state index is 0.0540. The molecule has 8 nitrogen and oxygen atoms in total. The molecule has 2 N–H and O–H groups in total. The van der Waals surface area contributed by atoms with Gasteiger partial charge in [0.2, 0.25) is 5.88 Å². The summed E-state index contributed by atoms with van der Waals surface area (Å²) < 4.78 is 23.9. The largest absolute Gasteiger partial charge is 0.496 e. The zero-order chi connectivity index (χ0) is 23.7. The van der Waals surface area contributed by atoms with Gasteiger partial charge in [-0.25, -0.2) is 0 Å². The van der Waals surface area contributed by atoms with Gasteiger partial charge in [-0.05, 0) is 24.4 Å². The number of methoxy groups -OCH3 is 3. The molecule has 2 aromatic heterocycles. The number of hydrogen-bond donors (Lipinski definition) is 1. The fraction of sp³-hybridized carbons (Fsp3) is 0.250. The summed E-state index contributed by atoms with van der Waals surface area (Å²) in [5.41, 5.74) is 7.57. The van der Waals surface area contributed by atoms with Crippen LogP contribution in [0.5, 0.6) is 23.0 Å². The lowest BCUT2D eigenvalue weighted by Crippen LogP contribution is -2.33. The van der Waals surface area contributed by atoms with Crippen LogP contribution in [0.15, 0.2) is 52.0 Å². The molecular formula is C24H23N3O5S. The summed E-state index contributed by atoms with van der Waals surface area (Å²) in [4.78, 5) is 14.8. The first-order valence-electron chi connectivity index (χ1n) is 10.1. The molecule has 1 aliphatic heterocycles. The molecule has 0 amide bonds. The second kappa shape index (κ2) is 8.92. The van der Waals surface area contributed by atoms with Crippen LogP contribution in [0.4, 0.5) is 0 Å². The van der Waals surface area contributed by atoms with E-state index in [-0.39, 0.29) is 17.0 Å². The number of nitriles is 1. The Bertz CT molecular complexity index is 1340. The monoisotopic (exact) mass is 465 g/mol. The van der Waals surface area contributed by atoms with Crippen molar-refractivity contribution in [3.8, 4) is 29.1 Å². The Morgan fingerprint density at radius 1 is 1.15 bits per heavy atom. The molecule has 4 rings (SSSR count). The van der Waals surface area contributed by atoms with E-state index in [1.54, 1.807) is 34.1 Å². The lowest BCUT2D eigenvalue weighted by molar-refractivity contribution is 0.346. The Morgan fingerprint density at radius 2 is 1.85 bits per heavy atom. The second-order valence-corrected chi connectivity index (χ2v) is 8.44. The lowest BCUT2D eigenvalue weighted by atomic mass is 9.83. The van der Waals surface area contributed by atoms with Crippen molar-refractivity contribution in [2.24, 2.45) is 5.73 Å². The van der Waals surface area contributed by atoms with E-state index >= 15 is 0 Å². The number of benzene rings is 1. The quantitative estimate of drug-likeness (QED) is 0.593. The average molecular weight is 466 g/mol. The van der Waals surface area contributed by atoms with Crippen LogP contribution in [0, 0.1) is 18.3 Å². The Morgan fingerprint density at radius 3 is 2.45 bits per heavy atom. The number of rotatable bonds is 6. The standard InChI is InChI=1S/C24H23N3O5S/c1-13-8-20-22(24(28)27(13)12-14-6-5-7-33-14)21(16(11-25)23(26)32-20)15-9-18(30-3)19(31-4)10-17(15)29-2/h5-10,21H,12,26H2,1-4H3/t21-/m1/s1. The fourth-order valence-corrected chi connectivity index (χ4v) is 4.72. The predicted molar refractivity (Wildman–Crippen MR) is 124 cm³/mol. The Hall–Kier alpha value is -3.90. The van der Waals surface area contributed by atoms with Crippen molar-refractivity contribution in [3.05, 3.63) is 79.2 Å². The van der Waals surface area contributed by atoms with Crippen LogP contribution in [0.2, 0.25) is 0 Å². The molecule has 9 heteroatoms. The molecule has 0 radical (unpaired) electrons. The maximum atomic E-state index is 13.8. The summed E-state index contributed by atoms with van der Waals surface area (Å²) in [6, 6.07) is 11.2. The van der Waals surface area contributed by atoms with Crippen LogP contribution in [0.25, 0.3) is 0 Å². The summed E-state index contributed by atoms with van der Waals surface area (Å²) in [6.07, 6.45) is 0. The van der Waals surface area contributed by atoms with Crippen LogP contribution in [0.3, 0.4) is 0 Å². The maximum absolute atomic E-state index is 13.8. The highest BCUT2D eigenvalue weighted by molar-refractivity contribution is 7.09. The van der Waals surface area contributed by atoms with Gasteiger partial charge in [0.25, 0.3) is 5.56 Å². The summed E-state index contributed by atoms with van der Waals surface area (Å²) in [5, 5.41) is 11.9. The highest BCUT2D eigenvalue weighted by Gasteiger charge is 2.36. The molecule has 33 heavy (non-hydrogen) atoms. The zero-order valence-corrected chi connectivity index (χ0v) is 19.5. The lowest BCUT2D eigenvalue weighted by Gasteiger charge is -2.28. The third kappa shape index (κ3) is 3.79. The number of thiophene rings is 1. The fourth-order valence-electron chi connectivity index (χ4n) is 4.03. The van der Waals surface area contributed by atoms with E-state index in [1.165, 1.54) is 21.3 Å². The van der Waals surface area contributed by atoms with Crippen molar-refractivity contribution < 1.29 is 18.9 Å². The first-order valence-corrected chi connectivity index (χ1v) is 11.0. The van der Waals surface area contributed by atoms with Crippen LogP contribution < -0.4 is 30.2 Å². The number of aryl methyl sites for hydroxylation is 1. The van der Waals surface area contributed by atoms with Crippen molar-refractivity contribution in [1.82, 2.24) is 4.57 Å². The molecule has 0 unspecified atom stereocenters. The van der Waals surface area contributed by atoms with Gasteiger partial charge in [-0.15, -0.1) is 11.3 Å². The van der Waals surface area contributed by atoms with E-state index in [0.717, 1.165) is 10.6 Å². The maximum Gasteiger partial charge on any atom is 0.259 e. The third-order valence-electron chi connectivity index (χ3n) is 5.63. The van der Waals surface area contributed by atoms with E-state index < -0.39 is 5.92 Å². The molecular weight excluding hydrogens is 442 g/mol. The van der Waals surface area contributed by atoms with Gasteiger partial charge >= 0.3 is 0 Å². The normalized spacial score (nSPS) is 14.8. The van der Waals surface area contributed by atoms with Crippen molar-refractivity contribution in [2.45, 2.75) is 19.4 Å². The summed E-state index contributed by atoms with van der Waals surface area (Å²) in [7, 11) is 4.54. The summed E-state index contributed by atoms with van der Waals surface area (Å²) >= 11 is 1.57. The van der Waals surface area contributed by atoms with Gasteiger partial charge in [0, 0.05) is 28.3 Å². The minimum Gasteiger partial charge on any atom is -0.496 e. The van der Waals surface area contributed by atoms with E-state index in [4.69, 9.17) is 24.7 Å². The van der Waals surface area contributed by atoms with Gasteiger partial charge < -0.3 is 29.2 Å². The van der Waals surface area contributed by atoms with Gasteiger partial charge in [-0.1, -0.05) is 6.07 Å². The van der Waals surface area contributed by atoms with Crippen molar-refractivity contribution in [2.75, 3.05) is 21.3 Å². The molecule has 0 bridgehead atoms. The number of aromatic nitrogens is 1. The first kappa shape index (κ1) is 22.3. The van der Waals surface area contributed by atoms with Crippen molar-refractivity contribution in [1.29, 1.82) is 5.26 Å². The number of hydrogen-bond acceptors (Lipinski definition) is 8. The van der Waals surface area contributed by atoms with Gasteiger partial charge in [0.15, 0.2) is 11.5 Å².